The number of nitrogens with two attached hydrogens (primary N) is 1. The van der Waals surface area contributed by atoms with Gasteiger partial charge in [-0.05, 0) is 75.0 Å². The maximum absolute atomic E-state index is 12.3. The van der Waals surface area contributed by atoms with E-state index in [1.807, 2.05) is 30.3 Å². The summed E-state index contributed by atoms with van der Waals surface area (Å²) >= 11 is 0. The number of aromatic nitrogens is 3. The monoisotopic (exact) mass is 511 g/mol. The third-order valence-electron chi connectivity index (χ3n) is 6.64. The SMILES string of the molecule is C=CC(=O)Nc1cccc(Oc2ncnc3[nH]c(-c4ccc(N(C(N)=O)C5CCN(C)CC5)cc4)cc23)c1. The first-order valence-electron chi connectivity index (χ1n) is 12.3. The molecule has 2 aromatic heterocycles. The van der Waals surface area contributed by atoms with Gasteiger partial charge in [0.15, 0.2) is 0 Å². The van der Waals surface area contributed by atoms with Gasteiger partial charge in [0, 0.05) is 29.2 Å². The van der Waals surface area contributed by atoms with Gasteiger partial charge in [-0.25, -0.2) is 14.8 Å². The molecule has 0 aliphatic carbocycles. The first-order chi connectivity index (χ1) is 18.4. The lowest BCUT2D eigenvalue weighted by Crippen LogP contribution is -2.48. The lowest BCUT2D eigenvalue weighted by atomic mass is 10.0. The van der Waals surface area contributed by atoms with Crippen LogP contribution in [0.3, 0.4) is 0 Å². The second kappa shape index (κ2) is 10.7. The van der Waals surface area contributed by atoms with Crippen LogP contribution in [-0.4, -0.2) is 58.0 Å². The molecule has 194 valence electrons. The normalized spacial score (nSPS) is 14.2. The van der Waals surface area contributed by atoms with Crippen molar-refractivity contribution >= 4 is 34.3 Å². The molecular formula is C28H29N7O3. The quantitative estimate of drug-likeness (QED) is 0.313. The number of amides is 3. The van der Waals surface area contributed by atoms with E-state index in [2.05, 4.69) is 38.8 Å². The number of fused-ring (bicyclic) bond motifs is 1. The third-order valence-corrected chi connectivity index (χ3v) is 6.64. The van der Waals surface area contributed by atoms with E-state index in [4.69, 9.17) is 10.5 Å². The van der Waals surface area contributed by atoms with Gasteiger partial charge in [-0.1, -0.05) is 24.8 Å². The smallest absolute Gasteiger partial charge is 0.319 e. The summed E-state index contributed by atoms with van der Waals surface area (Å²) in [6.07, 6.45) is 4.40. The predicted molar refractivity (Wildman–Crippen MR) is 147 cm³/mol. The number of anilines is 2. The van der Waals surface area contributed by atoms with E-state index in [0.717, 1.165) is 42.9 Å². The number of piperidine rings is 1. The van der Waals surface area contributed by atoms with Crippen LogP contribution in [0.15, 0.2) is 73.6 Å². The predicted octanol–water partition coefficient (Wildman–Crippen LogP) is 4.52. The van der Waals surface area contributed by atoms with Crippen molar-refractivity contribution in [2.75, 3.05) is 30.4 Å². The van der Waals surface area contributed by atoms with Gasteiger partial charge in [-0.2, -0.15) is 0 Å². The molecular weight excluding hydrogens is 482 g/mol. The molecule has 1 fully saturated rings. The average Bonchev–Trinajstić information content (AvgIpc) is 3.36. The van der Waals surface area contributed by atoms with Gasteiger partial charge >= 0.3 is 6.03 Å². The first kappa shape index (κ1) is 25.0. The van der Waals surface area contributed by atoms with Crippen molar-refractivity contribution in [3.05, 3.63) is 73.6 Å². The van der Waals surface area contributed by atoms with Crippen LogP contribution in [0.1, 0.15) is 12.8 Å². The molecule has 1 aliphatic rings. The number of nitrogens with zero attached hydrogens (tertiary/aromatic N) is 4. The van der Waals surface area contributed by atoms with E-state index in [1.165, 1.54) is 12.4 Å². The summed E-state index contributed by atoms with van der Waals surface area (Å²) in [7, 11) is 2.08. The molecule has 10 heteroatoms. The molecule has 5 rings (SSSR count). The molecule has 0 spiro atoms. The molecule has 0 bridgehead atoms. The number of H-pyrrole nitrogens is 1. The Morgan fingerprint density at radius 2 is 1.92 bits per heavy atom. The molecule has 1 aliphatic heterocycles. The highest BCUT2D eigenvalue weighted by Gasteiger charge is 2.27. The number of nitrogens with one attached hydrogen (secondary N) is 2. The van der Waals surface area contributed by atoms with Crippen molar-refractivity contribution in [2.45, 2.75) is 18.9 Å². The van der Waals surface area contributed by atoms with Gasteiger partial charge in [0.25, 0.3) is 0 Å². The molecule has 0 atom stereocenters. The Morgan fingerprint density at radius 3 is 2.63 bits per heavy atom. The zero-order valence-electron chi connectivity index (χ0n) is 21.1. The molecule has 0 unspecified atom stereocenters. The van der Waals surface area contributed by atoms with E-state index >= 15 is 0 Å². The Balaban J connectivity index is 1.38. The van der Waals surface area contributed by atoms with Crippen LogP contribution >= 0.6 is 0 Å². The maximum Gasteiger partial charge on any atom is 0.319 e. The molecule has 38 heavy (non-hydrogen) atoms. The summed E-state index contributed by atoms with van der Waals surface area (Å²) in [5, 5.41) is 3.42. The van der Waals surface area contributed by atoms with Crippen molar-refractivity contribution in [1.82, 2.24) is 19.9 Å². The number of aromatic amines is 1. The fourth-order valence-corrected chi connectivity index (χ4v) is 4.67. The van der Waals surface area contributed by atoms with Crippen molar-refractivity contribution in [3.63, 3.8) is 0 Å². The number of ether oxygens (including phenoxy) is 1. The summed E-state index contributed by atoms with van der Waals surface area (Å²) in [4.78, 5) is 39.9. The third kappa shape index (κ3) is 5.35. The van der Waals surface area contributed by atoms with E-state index in [0.29, 0.717) is 28.4 Å². The minimum atomic E-state index is -0.442. The fourth-order valence-electron chi connectivity index (χ4n) is 4.67. The van der Waals surface area contributed by atoms with Crippen molar-refractivity contribution in [3.8, 4) is 22.9 Å². The van der Waals surface area contributed by atoms with Crippen molar-refractivity contribution in [2.24, 2.45) is 5.73 Å². The fraction of sp³-hybridized carbons (Fsp3) is 0.214. The van der Waals surface area contributed by atoms with Gasteiger partial charge < -0.3 is 25.7 Å². The Labute approximate surface area is 220 Å². The summed E-state index contributed by atoms with van der Waals surface area (Å²) in [5.74, 6) is 0.584. The van der Waals surface area contributed by atoms with E-state index in [9.17, 15) is 9.59 Å². The Hall–Kier alpha value is -4.70. The number of rotatable bonds is 7. The highest BCUT2D eigenvalue weighted by molar-refractivity contribution is 5.99. The van der Waals surface area contributed by atoms with Crippen LogP contribution in [0.25, 0.3) is 22.3 Å². The molecule has 2 aromatic carbocycles. The molecule has 10 nitrogen and oxygen atoms in total. The Bertz CT molecular complexity index is 1470. The number of primary amides is 1. The number of hydrogen-bond acceptors (Lipinski definition) is 6. The van der Waals surface area contributed by atoms with Gasteiger partial charge in [0.1, 0.15) is 17.7 Å². The standard InChI is InChI=1S/C28H29N7O3/c1-3-25(36)32-19-5-4-6-22(15-19)38-27-23-16-24(33-26(23)30-17-31-27)18-7-9-20(10-8-18)35(28(29)37)21-11-13-34(2)14-12-21/h3-10,15-17,21H,1,11-14H2,2H3,(H2,29,37)(H,32,36)(H,30,31,33). The first-order valence-corrected chi connectivity index (χ1v) is 12.3. The van der Waals surface area contributed by atoms with Crippen molar-refractivity contribution < 1.29 is 14.3 Å². The van der Waals surface area contributed by atoms with Crippen LogP contribution in [0.2, 0.25) is 0 Å². The molecule has 0 radical (unpaired) electrons. The summed E-state index contributed by atoms with van der Waals surface area (Å²) < 4.78 is 6.04. The summed E-state index contributed by atoms with van der Waals surface area (Å²) in [5.41, 5.74) is 9.49. The van der Waals surface area contributed by atoms with E-state index in [-0.39, 0.29) is 11.9 Å². The van der Waals surface area contributed by atoms with E-state index in [1.54, 1.807) is 29.2 Å². The number of likely N-dealkylation sites (tertiary alicyclic amines) is 1. The number of benzene rings is 2. The number of carbonyl (C=O) groups is 2. The van der Waals surface area contributed by atoms with Crippen molar-refractivity contribution in [1.29, 1.82) is 0 Å². The van der Waals surface area contributed by atoms with Crippen LogP contribution in [-0.2, 0) is 4.79 Å². The molecule has 0 saturated carbocycles. The van der Waals surface area contributed by atoms with E-state index < -0.39 is 6.03 Å². The summed E-state index contributed by atoms with van der Waals surface area (Å²) in [6, 6.07) is 16.3. The minimum Gasteiger partial charge on any atom is -0.438 e. The summed E-state index contributed by atoms with van der Waals surface area (Å²) in [6.45, 7) is 5.33. The zero-order valence-corrected chi connectivity index (χ0v) is 21.1. The lowest BCUT2D eigenvalue weighted by molar-refractivity contribution is -0.111. The Kier molecular flexibility index (Phi) is 7.05. The molecule has 3 amide bonds. The van der Waals surface area contributed by atoms with Crippen LogP contribution in [0.4, 0.5) is 16.2 Å². The van der Waals surface area contributed by atoms with Crippen LogP contribution in [0, 0.1) is 0 Å². The van der Waals surface area contributed by atoms with Crippen LogP contribution in [0.5, 0.6) is 11.6 Å². The second-order valence-electron chi connectivity index (χ2n) is 9.24. The lowest BCUT2D eigenvalue weighted by Gasteiger charge is -2.36. The van der Waals surface area contributed by atoms with Gasteiger partial charge in [-0.15, -0.1) is 0 Å². The highest BCUT2D eigenvalue weighted by Crippen LogP contribution is 2.33. The number of hydrogen-bond donors (Lipinski definition) is 3. The maximum atomic E-state index is 12.3. The molecule has 4 N–H and O–H groups in total. The van der Waals surface area contributed by atoms with Gasteiger partial charge in [0.2, 0.25) is 11.8 Å². The molecule has 3 heterocycles. The number of urea groups is 1. The largest absolute Gasteiger partial charge is 0.438 e. The zero-order chi connectivity index (χ0) is 26.6. The highest BCUT2D eigenvalue weighted by atomic mass is 16.5. The Morgan fingerprint density at radius 1 is 1.16 bits per heavy atom. The topological polar surface area (TPSA) is 129 Å². The molecule has 4 aromatic rings. The van der Waals surface area contributed by atoms with Gasteiger partial charge in [0.05, 0.1) is 5.39 Å². The number of carbonyl (C=O) groups excluding carboxylic acids is 2. The van der Waals surface area contributed by atoms with Crippen LogP contribution < -0.4 is 20.7 Å². The minimum absolute atomic E-state index is 0.0844. The molecule has 1 saturated heterocycles. The second-order valence-corrected chi connectivity index (χ2v) is 9.24. The van der Waals surface area contributed by atoms with Gasteiger partial charge in [-0.3, -0.25) is 9.69 Å². The average molecular weight is 512 g/mol.